The first-order valence-electron chi connectivity index (χ1n) is 3.92. The van der Waals surface area contributed by atoms with Gasteiger partial charge in [0, 0.05) is 20.2 Å². The summed E-state index contributed by atoms with van der Waals surface area (Å²) in [6.45, 7) is 2.21. The van der Waals surface area contributed by atoms with E-state index in [0.717, 1.165) is 12.0 Å². The monoisotopic (exact) mass is 167 g/mol. The lowest BCUT2D eigenvalue weighted by molar-refractivity contribution is 0.101. The first-order valence-corrected chi connectivity index (χ1v) is 3.92. The Balaban J connectivity index is 2.70. The van der Waals surface area contributed by atoms with Crippen LogP contribution in [0.1, 0.15) is 23.0 Å². The highest BCUT2D eigenvalue weighted by molar-refractivity contribution is 5.93. The molecule has 0 spiro atoms. The number of ketones is 1. The number of carbonyl (C=O) groups excluding carboxylic acids is 1. The molecular weight excluding hydrogens is 154 g/mol. The van der Waals surface area contributed by atoms with Gasteiger partial charge < -0.3 is 9.72 Å². The highest BCUT2D eigenvalue weighted by Crippen LogP contribution is 2.07. The molecule has 1 heterocycles. The van der Waals surface area contributed by atoms with Crippen molar-refractivity contribution in [3.05, 3.63) is 23.5 Å². The highest BCUT2D eigenvalue weighted by Gasteiger charge is 2.06. The summed E-state index contributed by atoms with van der Waals surface area (Å²) in [6, 6.07) is 1.91. The Morgan fingerprint density at radius 2 is 2.42 bits per heavy atom. The molecule has 0 aromatic carbocycles. The van der Waals surface area contributed by atoms with E-state index in [9.17, 15) is 4.79 Å². The maximum Gasteiger partial charge on any atom is 0.176 e. The second-order valence-corrected chi connectivity index (χ2v) is 2.68. The summed E-state index contributed by atoms with van der Waals surface area (Å²) in [5.74, 6) is 0.0751. The van der Waals surface area contributed by atoms with Gasteiger partial charge in [0.05, 0.1) is 12.3 Å². The molecule has 1 aromatic rings. The summed E-state index contributed by atoms with van der Waals surface area (Å²) >= 11 is 0. The Morgan fingerprint density at radius 1 is 1.67 bits per heavy atom. The lowest BCUT2D eigenvalue weighted by Crippen LogP contribution is -2.01. The number of hydrogen-bond acceptors (Lipinski definition) is 2. The predicted octanol–water partition coefficient (Wildman–Crippen LogP) is 1.41. The number of aromatic amines is 1. The average Bonchev–Trinajstić information content (AvgIpc) is 2.48. The molecule has 12 heavy (non-hydrogen) atoms. The molecule has 0 amide bonds. The van der Waals surface area contributed by atoms with Crippen molar-refractivity contribution in [2.24, 2.45) is 0 Å². The van der Waals surface area contributed by atoms with Crippen LogP contribution in [0.5, 0.6) is 0 Å². The van der Waals surface area contributed by atoms with Crippen molar-refractivity contribution in [1.29, 1.82) is 0 Å². The van der Waals surface area contributed by atoms with E-state index in [4.69, 9.17) is 4.74 Å². The molecule has 1 rings (SSSR count). The molecule has 3 nitrogen and oxygen atoms in total. The van der Waals surface area contributed by atoms with Crippen molar-refractivity contribution in [1.82, 2.24) is 4.98 Å². The van der Waals surface area contributed by atoms with Gasteiger partial charge in [-0.2, -0.15) is 0 Å². The van der Waals surface area contributed by atoms with Gasteiger partial charge in [0.25, 0.3) is 0 Å². The van der Waals surface area contributed by atoms with Crippen molar-refractivity contribution in [2.75, 3.05) is 13.7 Å². The minimum atomic E-state index is 0.0751. The molecule has 0 radical (unpaired) electrons. The van der Waals surface area contributed by atoms with Gasteiger partial charge in [0.1, 0.15) is 0 Å². The first kappa shape index (κ1) is 9.00. The van der Waals surface area contributed by atoms with Gasteiger partial charge in [-0.3, -0.25) is 4.79 Å². The quantitative estimate of drug-likeness (QED) is 0.689. The summed E-state index contributed by atoms with van der Waals surface area (Å²) in [4.78, 5) is 13.9. The van der Waals surface area contributed by atoms with Crippen LogP contribution in [0, 0.1) is 0 Å². The summed E-state index contributed by atoms with van der Waals surface area (Å²) in [5, 5.41) is 0. The summed E-state index contributed by atoms with van der Waals surface area (Å²) in [5.41, 5.74) is 1.73. The zero-order chi connectivity index (χ0) is 8.97. The number of H-pyrrole nitrogens is 1. The number of Topliss-reactive ketones (excluding diaryl/α,β-unsaturated/α-hetero) is 1. The standard InChI is InChI=1S/C9H13NO2/c1-7(11)9-8(3-5-10-9)4-6-12-2/h3,5,10H,4,6H2,1-2H3. The first-order chi connectivity index (χ1) is 5.75. The second-order valence-electron chi connectivity index (χ2n) is 2.68. The van der Waals surface area contributed by atoms with Crippen LogP contribution in [0.2, 0.25) is 0 Å². The van der Waals surface area contributed by atoms with E-state index in [0.29, 0.717) is 12.3 Å². The maximum atomic E-state index is 11.0. The van der Waals surface area contributed by atoms with Gasteiger partial charge in [-0.25, -0.2) is 0 Å². The van der Waals surface area contributed by atoms with E-state index in [1.165, 1.54) is 0 Å². The fourth-order valence-electron chi connectivity index (χ4n) is 1.15. The fraction of sp³-hybridized carbons (Fsp3) is 0.444. The minimum Gasteiger partial charge on any atom is -0.384 e. The Kier molecular flexibility index (Phi) is 3.05. The number of aromatic nitrogens is 1. The van der Waals surface area contributed by atoms with Gasteiger partial charge in [-0.15, -0.1) is 0 Å². The van der Waals surface area contributed by atoms with Crippen LogP contribution in [0.4, 0.5) is 0 Å². The van der Waals surface area contributed by atoms with Crippen LogP contribution in [-0.4, -0.2) is 24.5 Å². The molecule has 0 saturated heterocycles. The third-order valence-corrected chi connectivity index (χ3v) is 1.76. The Morgan fingerprint density at radius 3 is 3.00 bits per heavy atom. The molecule has 0 atom stereocenters. The number of nitrogens with one attached hydrogen (secondary N) is 1. The van der Waals surface area contributed by atoms with Crippen LogP contribution < -0.4 is 0 Å². The second kappa shape index (κ2) is 4.07. The lowest BCUT2D eigenvalue weighted by atomic mass is 10.1. The average molecular weight is 167 g/mol. The third kappa shape index (κ3) is 1.95. The molecule has 0 unspecified atom stereocenters. The molecule has 0 aliphatic heterocycles. The van der Waals surface area contributed by atoms with E-state index in [-0.39, 0.29) is 5.78 Å². The van der Waals surface area contributed by atoms with E-state index in [2.05, 4.69) is 4.98 Å². The number of methoxy groups -OCH3 is 1. The van der Waals surface area contributed by atoms with E-state index < -0.39 is 0 Å². The van der Waals surface area contributed by atoms with Gasteiger partial charge in [-0.05, 0) is 18.1 Å². The van der Waals surface area contributed by atoms with Crippen LogP contribution in [-0.2, 0) is 11.2 Å². The van der Waals surface area contributed by atoms with Crippen molar-refractivity contribution in [3.63, 3.8) is 0 Å². The zero-order valence-electron chi connectivity index (χ0n) is 7.39. The SMILES string of the molecule is COCCc1cc[nH]c1C(C)=O. The molecule has 66 valence electrons. The van der Waals surface area contributed by atoms with Gasteiger partial charge in [0.15, 0.2) is 5.78 Å². The normalized spacial score (nSPS) is 10.2. The van der Waals surface area contributed by atoms with E-state index in [1.807, 2.05) is 6.07 Å². The van der Waals surface area contributed by atoms with Crippen molar-refractivity contribution >= 4 is 5.78 Å². The Hall–Kier alpha value is -1.09. The number of ether oxygens (including phenoxy) is 1. The van der Waals surface area contributed by atoms with Gasteiger partial charge in [0.2, 0.25) is 0 Å². The van der Waals surface area contributed by atoms with Crippen LogP contribution in [0.15, 0.2) is 12.3 Å². The fourth-order valence-corrected chi connectivity index (χ4v) is 1.15. The smallest absolute Gasteiger partial charge is 0.176 e. The van der Waals surface area contributed by atoms with Crippen molar-refractivity contribution < 1.29 is 9.53 Å². The predicted molar refractivity (Wildman–Crippen MR) is 46.4 cm³/mol. The molecule has 3 heteroatoms. The van der Waals surface area contributed by atoms with E-state index in [1.54, 1.807) is 20.2 Å². The molecule has 0 bridgehead atoms. The summed E-state index contributed by atoms with van der Waals surface area (Å²) in [7, 11) is 1.65. The van der Waals surface area contributed by atoms with Gasteiger partial charge >= 0.3 is 0 Å². The lowest BCUT2D eigenvalue weighted by Gasteiger charge is -1.99. The Bertz CT molecular complexity index is 265. The molecule has 0 fully saturated rings. The van der Waals surface area contributed by atoms with Crippen molar-refractivity contribution in [2.45, 2.75) is 13.3 Å². The number of rotatable bonds is 4. The van der Waals surface area contributed by atoms with Crippen LogP contribution >= 0.6 is 0 Å². The molecule has 0 aliphatic carbocycles. The number of hydrogen-bond donors (Lipinski definition) is 1. The molecule has 0 saturated carbocycles. The topological polar surface area (TPSA) is 42.1 Å². The van der Waals surface area contributed by atoms with Crippen LogP contribution in [0.25, 0.3) is 0 Å². The molecule has 1 aromatic heterocycles. The highest BCUT2D eigenvalue weighted by atomic mass is 16.5. The maximum absolute atomic E-state index is 11.0. The largest absolute Gasteiger partial charge is 0.384 e. The molecular formula is C9H13NO2. The zero-order valence-corrected chi connectivity index (χ0v) is 7.39. The third-order valence-electron chi connectivity index (χ3n) is 1.76. The van der Waals surface area contributed by atoms with Crippen molar-refractivity contribution in [3.8, 4) is 0 Å². The summed E-state index contributed by atoms with van der Waals surface area (Å²) < 4.78 is 4.92. The van der Waals surface area contributed by atoms with Gasteiger partial charge in [-0.1, -0.05) is 0 Å². The molecule has 1 N–H and O–H groups in total. The van der Waals surface area contributed by atoms with Crippen LogP contribution in [0.3, 0.4) is 0 Å². The summed E-state index contributed by atoms with van der Waals surface area (Å²) in [6.07, 6.45) is 2.57. The number of carbonyl (C=O) groups is 1. The Labute approximate surface area is 71.7 Å². The van der Waals surface area contributed by atoms with E-state index >= 15 is 0 Å². The minimum absolute atomic E-state index is 0.0751. The molecule has 0 aliphatic rings.